The molecule has 1 heterocycles. The van der Waals surface area contributed by atoms with E-state index in [4.69, 9.17) is 0 Å². The number of rotatable bonds is 1. The van der Waals surface area contributed by atoms with Gasteiger partial charge in [-0.3, -0.25) is 4.79 Å². The van der Waals surface area contributed by atoms with Gasteiger partial charge in [-0.2, -0.15) is 0 Å². The van der Waals surface area contributed by atoms with E-state index in [2.05, 4.69) is 5.32 Å². The van der Waals surface area contributed by atoms with Crippen LogP contribution in [0.1, 0.15) is 38.5 Å². The summed E-state index contributed by atoms with van der Waals surface area (Å²) in [4.78, 5) is 11.5. The molecule has 0 bridgehead atoms. The van der Waals surface area contributed by atoms with Crippen LogP contribution in [0.4, 0.5) is 0 Å². The summed E-state index contributed by atoms with van der Waals surface area (Å²) >= 11 is 0. The smallest absolute Gasteiger partial charge is 0.137 e. The molecule has 2 aliphatic rings. The lowest BCUT2D eigenvalue weighted by atomic mass is 9.82. The first-order valence-corrected chi connectivity index (χ1v) is 5.14. The molecule has 2 heteroatoms. The van der Waals surface area contributed by atoms with Crippen LogP contribution >= 0.6 is 0 Å². The number of carbonyl (C=O) groups is 1. The molecule has 1 N–H and O–H groups in total. The Morgan fingerprint density at radius 2 is 2.08 bits per heavy atom. The minimum Gasteiger partial charge on any atom is -0.313 e. The van der Waals surface area contributed by atoms with Crippen molar-refractivity contribution in [2.75, 3.05) is 6.54 Å². The predicted molar refractivity (Wildman–Crippen MR) is 48.0 cm³/mol. The molecular formula is C10H17NO. The van der Waals surface area contributed by atoms with E-state index in [-0.39, 0.29) is 0 Å². The highest BCUT2D eigenvalue weighted by molar-refractivity contribution is 5.82. The fraction of sp³-hybridized carbons (Fsp3) is 0.900. The summed E-state index contributed by atoms with van der Waals surface area (Å²) in [5, 5.41) is 3.44. The van der Waals surface area contributed by atoms with Gasteiger partial charge in [-0.25, -0.2) is 0 Å². The summed E-state index contributed by atoms with van der Waals surface area (Å²) in [6.07, 6.45) is 6.83. The molecule has 12 heavy (non-hydrogen) atoms. The van der Waals surface area contributed by atoms with Crippen LogP contribution in [0.3, 0.4) is 0 Å². The molecule has 68 valence electrons. The van der Waals surface area contributed by atoms with Crippen molar-refractivity contribution in [1.29, 1.82) is 0 Å². The van der Waals surface area contributed by atoms with Gasteiger partial charge in [0.2, 0.25) is 0 Å². The summed E-state index contributed by atoms with van der Waals surface area (Å²) in [6.45, 7) is 1.12. The standard InChI is InChI=1S/C10H17NO/c12-10-6-2-1-4-8(10)9-5-3-7-11-9/h8-9,11H,1-7H2/t8-,9+/m1/s1. The SMILES string of the molecule is O=C1CCCC[C@@H]1[C@@H]1CCCN1. The summed E-state index contributed by atoms with van der Waals surface area (Å²) in [7, 11) is 0. The van der Waals surface area contributed by atoms with Crippen molar-refractivity contribution < 1.29 is 4.79 Å². The van der Waals surface area contributed by atoms with Gasteiger partial charge in [0.25, 0.3) is 0 Å². The largest absolute Gasteiger partial charge is 0.313 e. The van der Waals surface area contributed by atoms with Gasteiger partial charge in [-0.1, -0.05) is 6.42 Å². The molecule has 0 aromatic heterocycles. The molecule has 1 aliphatic heterocycles. The minimum absolute atomic E-state index is 0.362. The number of nitrogens with one attached hydrogen (secondary N) is 1. The third-order valence-corrected chi connectivity index (χ3v) is 3.19. The zero-order chi connectivity index (χ0) is 8.39. The average molecular weight is 167 g/mol. The third kappa shape index (κ3) is 1.53. The molecule has 0 aromatic carbocycles. The zero-order valence-corrected chi connectivity index (χ0v) is 7.51. The summed E-state index contributed by atoms with van der Waals surface area (Å²) < 4.78 is 0. The number of carbonyl (C=O) groups excluding carboxylic acids is 1. The quantitative estimate of drug-likeness (QED) is 0.641. The Bertz CT molecular complexity index is 173. The Labute approximate surface area is 73.7 Å². The number of ketones is 1. The van der Waals surface area contributed by atoms with E-state index >= 15 is 0 Å². The Balaban J connectivity index is 1.95. The highest BCUT2D eigenvalue weighted by atomic mass is 16.1. The summed E-state index contributed by atoms with van der Waals surface area (Å²) in [5.74, 6) is 0.877. The van der Waals surface area contributed by atoms with Crippen molar-refractivity contribution in [1.82, 2.24) is 5.32 Å². The lowest BCUT2D eigenvalue weighted by Gasteiger charge is -2.25. The fourth-order valence-electron chi connectivity index (χ4n) is 2.49. The van der Waals surface area contributed by atoms with E-state index in [9.17, 15) is 4.79 Å². The van der Waals surface area contributed by atoms with Crippen LogP contribution in [0.2, 0.25) is 0 Å². The lowest BCUT2D eigenvalue weighted by molar-refractivity contribution is -0.125. The van der Waals surface area contributed by atoms with Crippen LogP contribution in [0.15, 0.2) is 0 Å². The molecule has 0 unspecified atom stereocenters. The maximum Gasteiger partial charge on any atom is 0.137 e. The second kappa shape index (κ2) is 3.56. The first-order valence-electron chi connectivity index (χ1n) is 5.14. The molecule has 0 amide bonds. The van der Waals surface area contributed by atoms with E-state index in [1.807, 2.05) is 0 Å². The number of hydrogen-bond donors (Lipinski definition) is 1. The fourth-order valence-corrected chi connectivity index (χ4v) is 2.49. The molecule has 2 fully saturated rings. The summed E-state index contributed by atoms with van der Waals surface area (Å²) in [6, 6.07) is 0.526. The van der Waals surface area contributed by atoms with Gasteiger partial charge in [0.15, 0.2) is 0 Å². The van der Waals surface area contributed by atoms with Crippen molar-refractivity contribution in [2.24, 2.45) is 5.92 Å². The van der Waals surface area contributed by atoms with Crippen molar-refractivity contribution in [3.63, 3.8) is 0 Å². The molecule has 0 radical (unpaired) electrons. The molecule has 0 aromatic rings. The number of Topliss-reactive ketones (excluding diaryl/α,β-unsaturated/α-hetero) is 1. The van der Waals surface area contributed by atoms with Crippen molar-refractivity contribution >= 4 is 5.78 Å². The Morgan fingerprint density at radius 1 is 1.17 bits per heavy atom. The molecule has 1 saturated carbocycles. The van der Waals surface area contributed by atoms with Gasteiger partial charge in [0.05, 0.1) is 0 Å². The van der Waals surface area contributed by atoms with Gasteiger partial charge in [0, 0.05) is 18.4 Å². The first-order chi connectivity index (χ1) is 5.88. The van der Waals surface area contributed by atoms with Gasteiger partial charge in [0.1, 0.15) is 5.78 Å². The van der Waals surface area contributed by atoms with Crippen molar-refractivity contribution in [3.8, 4) is 0 Å². The monoisotopic (exact) mass is 167 g/mol. The van der Waals surface area contributed by atoms with Gasteiger partial charge < -0.3 is 5.32 Å². The molecule has 1 aliphatic carbocycles. The van der Waals surface area contributed by atoms with Crippen LogP contribution in [0, 0.1) is 5.92 Å². The topological polar surface area (TPSA) is 29.1 Å². The molecular weight excluding hydrogens is 150 g/mol. The number of hydrogen-bond acceptors (Lipinski definition) is 2. The first kappa shape index (κ1) is 8.24. The van der Waals surface area contributed by atoms with Gasteiger partial charge in [-0.15, -0.1) is 0 Å². The second-order valence-electron chi connectivity index (χ2n) is 4.02. The Morgan fingerprint density at radius 3 is 2.75 bits per heavy atom. The van der Waals surface area contributed by atoms with E-state index in [1.165, 1.54) is 19.3 Å². The van der Waals surface area contributed by atoms with Crippen LogP contribution in [0.5, 0.6) is 0 Å². The van der Waals surface area contributed by atoms with Crippen LogP contribution < -0.4 is 5.32 Å². The second-order valence-corrected chi connectivity index (χ2v) is 4.02. The molecule has 1 saturated heterocycles. The highest BCUT2D eigenvalue weighted by Gasteiger charge is 2.31. The van der Waals surface area contributed by atoms with Crippen LogP contribution in [-0.2, 0) is 4.79 Å². The predicted octanol–water partition coefficient (Wildman–Crippen LogP) is 1.50. The summed E-state index contributed by atoms with van der Waals surface area (Å²) in [5.41, 5.74) is 0. The molecule has 2 atom stereocenters. The van der Waals surface area contributed by atoms with E-state index in [0.717, 1.165) is 25.8 Å². The molecule has 0 spiro atoms. The van der Waals surface area contributed by atoms with E-state index < -0.39 is 0 Å². The van der Waals surface area contributed by atoms with Gasteiger partial charge >= 0.3 is 0 Å². The maximum absolute atomic E-state index is 11.5. The maximum atomic E-state index is 11.5. The highest BCUT2D eigenvalue weighted by Crippen LogP contribution is 2.27. The van der Waals surface area contributed by atoms with Crippen LogP contribution in [0.25, 0.3) is 0 Å². The Kier molecular flexibility index (Phi) is 2.45. The van der Waals surface area contributed by atoms with E-state index in [1.54, 1.807) is 0 Å². The zero-order valence-electron chi connectivity index (χ0n) is 7.51. The normalized spacial score (nSPS) is 37.2. The minimum atomic E-state index is 0.362. The van der Waals surface area contributed by atoms with Crippen molar-refractivity contribution in [2.45, 2.75) is 44.6 Å². The Hall–Kier alpha value is -0.370. The van der Waals surface area contributed by atoms with E-state index in [0.29, 0.717) is 17.7 Å². The van der Waals surface area contributed by atoms with Crippen molar-refractivity contribution in [3.05, 3.63) is 0 Å². The van der Waals surface area contributed by atoms with Gasteiger partial charge in [-0.05, 0) is 32.2 Å². The molecule has 2 rings (SSSR count). The van der Waals surface area contributed by atoms with Crippen LogP contribution in [-0.4, -0.2) is 18.4 Å². The third-order valence-electron chi connectivity index (χ3n) is 3.19. The average Bonchev–Trinajstić information content (AvgIpc) is 2.57. The lowest BCUT2D eigenvalue weighted by Crippen LogP contribution is -2.37. The molecule has 2 nitrogen and oxygen atoms in total.